The summed E-state index contributed by atoms with van der Waals surface area (Å²) in [5.74, 6) is -0.399. The van der Waals surface area contributed by atoms with Gasteiger partial charge < -0.3 is 9.80 Å². The fraction of sp³-hybridized carbons (Fsp3) is 0.360. The Bertz CT molecular complexity index is 1340. The van der Waals surface area contributed by atoms with Crippen LogP contribution in [0.1, 0.15) is 40.7 Å². The highest BCUT2D eigenvalue weighted by molar-refractivity contribution is 5.94. The maximum absolute atomic E-state index is 13.2. The molecule has 2 saturated heterocycles. The molecule has 2 aliphatic heterocycles. The number of nitrogens with zero attached hydrogens (tertiary/aromatic N) is 4. The standard InChI is InChI=1S/C25H23F3N4O3/c26-25(27,28)18-7-4-16(5-8-18)14-32-20-10-12-30(15-17(20)6-9-22(32)33)23(34)19-13-29-21-3-1-2-11-31(21)24(19)35/h1-5,7-8,11,13,17,20H,6,9-10,12,14-15H2/t17-,20+/m1/s1. The van der Waals surface area contributed by atoms with Crippen molar-refractivity contribution in [3.8, 4) is 0 Å². The molecule has 10 heteroatoms. The molecule has 0 bridgehead atoms. The van der Waals surface area contributed by atoms with Gasteiger partial charge in [-0.25, -0.2) is 4.98 Å². The molecule has 0 spiro atoms. The number of amides is 2. The van der Waals surface area contributed by atoms with Crippen molar-refractivity contribution in [2.24, 2.45) is 5.92 Å². The van der Waals surface area contributed by atoms with Crippen molar-refractivity contribution in [3.63, 3.8) is 0 Å². The average Bonchev–Trinajstić information content (AvgIpc) is 2.85. The van der Waals surface area contributed by atoms with Crippen molar-refractivity contribution >= 4 is 17.5 Å². The molecule has 4 heterocycles. The number of hydrogen-bond donors (Lipinski definition) is 0. The van der Waals surface area contributed by atoms with E-state index < -0.39 is 17.3 Å². The van der Waals surface area contributed by atoms with Crippen molar-refractivity contribution in [1.82, 2.24) is 19.2 Å². The summed E-state index contributed by atoms with van der Waals surface area (Å²) in [5, 5.41) is 0. The number of alkyl halides is 3. The van der Waals surface area contributed by atoms with Crippen molar-refractivity contribution < 1.29 is 22.8 Å². The summed E-state index contributed by atoms with van der Waals surface area (Å²) in [6.45, 7) is 0.993. The van der Waals surface area contributed by atoms with Crippen LogP contribution in [0.2, 0.25) is 0 Å². The van der Waals surface area contributed by atoms with E-state index >= 15 is 0 Å². The van der Waals surface area contributed by atoms with E-state index in [1.165, 1.54) is 22.7 Å². The van der Waals surface area contributed by atoms with E-state index in [2.05, 4.69) is 4.98 Å². The van der Waals surface area contributed by atoms with Gasteiger partial charge in [-0.15, -0.1) is 0 Å². The SMILES string of the molecule is O=C(c1cnc2ccccn2c1=O)N1CC[C@H]2[C@H](CCC(=O)N2Cc2ccc(C(F)(F)F)cc2)C1. The van der Waals surface area contributed by atoms with Gasteiger partial charge in [0.2, 0.25) is 5.91 Å². The van der Waals surface area contributed by atoms with Gasteiger partial charge in [0.25, 0.3) is 11.5 Å². The Balaban J connectivity index is 1.31. The highest BCUT2D eigenvalue weighted by Crippen LogP contribution is 2.34. The number of halogens is 3. The smallest absolute Gasteiger partial charge is 0.338 e. The normalized spacial score (nSPS) is 20.7. The van der Waals surface area contributed by atoms with Crippen LogP contribution in [-0.2, 0) is 17.5 Å². The van der Waals surface area contributed by atoms with Gasteiger partial charge in [0.1, 0.15) is 11.2 Å². The van der Waals surface area contributed by atoms with Crippen LogP contribution in [-0.4, -0.2) is 50.1 Å². The zero-order chi connectivity index (χ0) is 24.7. The molecule has 2 atom stereocenters. The minimum atomic E-state index is -4.41. The lowest BCUT2D eigenvalue weighted by atomic mass is 9.83. The Morgan fingerprint density at radius 1 is 1.06 bits per heavy atom. The van der Waals surface area contributed by atoms with Crippen LogP contribution in [0.4, 0.5) is 13.2 Å². The van der Waals surface area contributed by atoms with Crippen molar-refractivity contribution in [3.05, 3.63) is 81.9 Å². The summed E-state index contributed by atoms with van der Waals surface area (Å²) in [5.41, 5.74) is -0.0700. The molecule has 0 N–H and O–H groups in total. The first-order valence-corrected chi connectivity index (χ1v) is 11.4. The number of hydrogen-bond acceptors (Lipinski definition) is 4. The maximum Gasteiger partial charge on any atom is 0.416 e. The molecule has 7 nitrogen and oxygen atoms in total. The fourth-order valence-corrected chi connectivity index (χ4v) is 5.08. The van der Waals surface area contributed by atoms with Crippen LogP contribution in [0.5, 0.6) is 0 Å². The Morgan fingerprint density at radius 3 is 2.57 bits per heavy atom. The van der Waals surface area contributed by atoms with Crippen LogP contribution >= 0.6 is 0 Å². The van der Waals surface area contributed by atoms with Gasteiger partial charge in [0.15, 0.2) is 0 Å². The second-order valence-corrected chi connectivity index (χ2v) is 9.03. The lowest BCUT2D eigenvalue weighted by molar-refractivity contribution is -0.141. The van der Waals surface area contributed by atoms with Gasteiger partial charge in [-0.05, 0) is 48.6 Å². The van der Waals surface area contributed by atoms with E-state index in [1.807, 2.05) is 0 Å². The molecule has 0 saturated carbocycles. The molecule has 182 valence electrons. The summed E-state index contributed by atoms with van der Waals surface area (Å²) in [4.78, 5) is 46.3. The summed E-state index contributed by atoms with van der Waals surface area (Å²) in [6, 6.07) is 9.88. The van der Waals surface area contributed by atoms with Crippen LogP contribution in [0.15, 0.2) is 59.7 Å². The second kappa shape index (κ2) is 8.83. The first kappa shape index (κ1) is 23.1. The topological polar surface area (TPSA) is 75.0 Å². The van der Waals surface area contributed by atoms with Gasteiger partial charge in [0.05, 0.1) is 5.56 Å². The first-order chi connectivity index (χ1) is 16.7. The molecule has 0 radical (unpaired) electrons. The van der Waals surface area contributed by atoms with Gasteiger partial charge >= 0.3 is 6.18 Å². The summed E-state index contributed by atoms with van der Waals surface area (Å²) in [7, 11) is 0. The Kier molecular flexibility index (Phi) is 5.82. The van der Waals surface area contributed by atoms with Gasteiger partial charge in [-0.2, -0.15) is 13.2 Å². The predicted octanol–water partition coefficient (Wildman–Crippen LogP) is 3.37. The number of aromatic nitrogens is 2. The summed E-state index contributed by atoms with van der Waals surface area (Å²) < 4.78 is 39.9. The van der Waals surface area contributed by atoms with Gasteiger partial charge in [-0.1, -0.05) is 18.2 Å². The third-order valence-corrected chi connectivity index (χ3v) is 6.91. The van der Waals surface area contributed by atoms with Crippen LogP contribution in [0.25, 0.3) is 5.65 Å². The number of fused-ring (bicyclic) bond motifs is 2. The summed E-state index contributed by atoms with van der Waals surface area (Å²) in [6.07, 6.45) is -0.0687. The van der Waals surface area contributed by atoms with E-state index in [-0.39, 0.29) is 35.9 Å². The minimum absolute atomic E-state index is 0.000598. The lowest BCUT2D eigenvalue weighted by Crippen LogP contribution is -2.56. The largest absolute Gasteiger partial charge is 0.416 e. The summed E-state index contributed by atoms with van der Waals surface area (Å²) >= 11 is 0. The molecule has 2 aromatic heterocycles. The quantitative estimate of drug-likeness (QED) is 0.572. The third kappa shape index (κ3) is 4.40. The Hall–Kier alpha value is -3.69. The number of carbonyl (C=O) groups excluding carboxylic acids is 2. The zero-order valence-corrected chi connectivity index (χ0v) is 18.7. The number of likely N-dealkylation sites (tertiary alicyclic amines) is 2. The maximum atomic E-state index is 13.2. The van der Waals surface area contributed by atoms with E-state index in [9.17, 15) is 27.6 Å². The number of piperidine rings is 2. The number of pyridine rings is 1. The fourth-order valence-electron chi connectivity index (χ4n) is 5.08. The van der Waals surface area contributed by atoms with E-state index in [0.29, 0.717) is 43.6 Å². The average molecular weight is 484 g/mol. The van der Waals surface area contributed by atoms with Crippen LogP contribution in [0, 0.1) is 5.92 Å². The molecular weight excluding hydrogens is 461 g/mol. The molecular formula is C25H23F3N4O3. The predicted molar refractivity (Wildman–Crippen MR) is 120 cm³/mol. The van der Waals surface area contributed by atoms with Crippen LogP contribution in [0.3, 0.4) is 0 Å². The molecule has 5 rings (SSSR count). The molecule has 2 amide bonds. The molecule has 35 heavy (non-hydrogen) atoms. The van der Waals surface area contributed by atoms with E-state index in [1.54, 1.807) is 34.2 Å². The van der Waals surface area contributed by atoms with Gasteiger partial charge in [0, 0.05) is 44.5 Å². The Morgan fingerprint density at radius 2 is 1.83 bits per heavy atom. The van der Waals surface area contributed by atoms with E-state index in [0.717, 1.165) is 12.1 Å². The second-order valence-electron chi connectivity index (χ2n) is 9.03. The molecule has 3 aromatic rings. The number of carbonyl (C=O) groups is 2. The van der Waals surface area contributed by atoms with Crippen LogP contribution < -0.4 is 5.56 Å². The van der Waals surface area contributed by atoms with E-state index in [4.69, 9.17) is 0 Å². The lowest BCUT2D eigenvalue weighted by Gasteiger charge is -2.47. The monoisotopic (exact) mass is 484 g/mol. The Labute approximate surface area is 198 Å². The molecule has 2 fully saturated rings. The molecule has 1 aromatic carbocycles. The number of benzene rings is 1. The van der Waals surface area contributed by atoms with Crippen molar-refractivity contribution in [2.45, 2.75) is 38.0 Å². The van der Waals surface area contributed by atoms with Crippen molar-refractivity contribution in [2.75, 3.05) is 13.1 Å². The molecule has 0 unspecified atom stereocenters. The minimum Gasteiger partial charge on any atom is -0.338 e. The zero-order valence-electron chi connectivity index (χ0n) is 18.7. The number of rotatable bonds is 3. The highest BCUT2D eigenvalue weighted by Gasteiger charge is 2.41. The van der Waals surface area contributed by atoms with Crippen molar-refractivity contribution in [1.29, 1.82) is 0 Å². The third-order valence-electron chi connectivity index (χ3n) is 6.91. The highest BCUT2D eigenvalue weighted by atomic mass is 19.4. The molecule has 2 aliphatic rings. The first-order valence-electron chi connectivity index (χ1n) is 11.4. The van der Waals surface area contributed by atoms with Gasteiger partial charge in [-0.3, -0.25) is 18.8 Å². The molecule has 0 aliphatic carbocycles.